The predicted molar refractivity (Wildman–Crippen MR) is 132 cm³/mol. The maximum Gasteiger partial charge on any atom is 0.256 e. The molecule has 5 rings (SSSR count). The molecule has 1 aliphatic rings. The topological polar surface area (TPSA) is 79.6 Å². The summed E-state index contributed by atoms with van der Waals surface area (Å²) < 4.78 is 17.2. The van der Waals surface area contributed by atoms with E-state index < -0.39 is 11.7 Å². The van der Waals surface area contributed by atoms with E-state index in [1.54, 1.807) is 41.8 Å². The number of aryl methyl sites for hydroxylation is 1. The standard InChI is InChI=1S/C27H24FN5O2/c1-3-26(34)32-11-8-19(15-32)21-14-24(33-16-29-9-7-23(21)33)20-5-4-18(13-22(20)28)27(35)31-25-12-17(2)6-10-30-25/h3-7,9-10,12-14,16,19H,1,8,11,15H2,2H3,(H,30,31,35). The van der Waals surface area contributed by atoms with E-state index in [9.17, 15) is 9.59 Å². The zero-order chi connectivity index (χ0) is 24.5. The summed E-state index contributed by atoms with van der Waals surface area (Å²) in [7, 11) is 0. The van der Waals surface area contributed by atoms with E-state index in [0.29, 0.717) is 30.2 Å². The van der Waals surface area contributed by atoms with Gasteiger partial charge in [0.25, 0.3) is 5.91 Å². The Balaban J connectivity index is 1.46. The van der Waals surface area contributed by atoms with Crippen molar-refractivity contribution < 1.29 is 14.0 Å². The molecule has 1 atom stereocenters. The third-order valence-corrected chi connectivity index (χ3v) is 6.39. The number of carbonyl (C=O) groups excluding carboxylic acids is 2. The third kappa shape index (κ3) is 4.30. The fourth-order valence-corrected chi connectivity index (χ4v) is 4.61. The number of hydrogen-bond donors (Lipinski definition) is 1. The quantitative estimate of drug-likeness (QED) is 0.434. The number of likely N-dealkylation sites (tertiary alicyclic amines) is 1. The number of hydrogen-bond acceptors (Lipinski definition) is 4. The molecule has 7 nitrogen and oxygen atoms in total. The number of nitrogens with zero attached hydrogens (tertiary/aromatic N) is 4. The minimum absolute atomic E-state index is 0.0846. The van der Waals surface area contributed by atoms with E-state index in [1.807, 2.05) is 29.5 Å². The first kappa shape index (κ1) is 22.5. The second-order valence-electron chi connectivity index (χ2n) is 8.66. The van der Waals surface area contributed by atoms with Gasteiger partial charge in [0, 0.05) is 42.5 Å². The number of carbonyl (C=O) groups is 2. The van der Waals surface area contributed by atoms with E-state index in [4.69, 9.17) is 0 Å². The molecule has 0 saturated carbocycles. The number of anilines is 1. The molecule has 176 valence electrons. The number of rotatable bonds is 5. The van der Waals surface area contributed by atoms with Gasteiger partial charge in [-0.15, -0.1) is 0 Å². The highest BCUT2D eigenvalue weighted by atomic mass is 19.1. The highest BCUT2D eigenvalue weighted by Gasteiger charge is 2.29. The van der Waals surface area contributed by atoms with Gasteiger partial charge in [-0.3, -0.25) is 14.0 Å². The molecule has 1 aromatic carbocycles. The Hall–Kier alpha value is -4.33. The summed E-state index contributed by atoms with van der Waals surface area (Å²) in [5, 5.41) is 2.70. The number of benzene rings is 1. The monoisotopic (exact) mass is 469 g/mol. The molecule has 0 aliphatic carbocycles. The Morgan fingerprint density at radius 2 is 2.03 bits per heavy atom. The minimum atomic E-state index is -0.514. The van der Waals surface area contributed by atoms with Crippen LogP contribution in [-0.4, -0.2) is 44.2 Å². The molecule has 0 radical (unpaired) electrons. The number of fused-ring (bicyclic) bond motifs is 1. The van der Waals surface area contributed by atoms with Crippen molar-refractivity contribution in [2.75, 3.05) is 18.4 Å². The molecule has 0 bridgehead atoms. The van der Waals surface area contributed by atoms with Gasteiger partial charge in [0.15, 0.2) is 0 Å². The van der Waals surface area contributed by atoms with Gasteiger partial charge in [0.1, 0.15) is 11.6 Å². The van der Waals surface area contributed by atoms with Crippen molar-refractivity contribution in [3.8, 4) is 11.3 Å². The summed E-state index contributed by atoms with van der Waals surface area (Å²) in [5.41, 5.74) is 4.11. The largest absolute Gasteiger partial charge is 0.339 e. The number of aromatic nitrogens is 3. The Bertz CT molecular complexity index is 1460. The van der Waals surface area contributed by atoms with Gasteiger partial charge in [-0.1, -0.05) is 6.58 Å². The van der Waals surface area contributed by atoms with Crippen molar-refractivity contribution in [3.05, 3.63) is 96.3 Å². The second-order valence-corrected chi connectivity index (χ2v) is 8.66. The Kier molecular flexibility index (Phi) is 5.86. The summed E-state index contributed by atoms with van der Waals surface area (Å²) in [5.74, 6) is -0.500. The lowest BCUT2D eigenvalue weighted by atomic mass is 9.98. The zero-order valence-electron chi connectivity index (χ0n) is 19.2. The van der Waals surface area contributed by atoms with Crippen LogP contribution in [0.15, 0.2) is 73.8 Å². The molecule has 35 heavy (non-hydrogen) atoms. The smallest absolute Gasteiger partial charge is 0.256 e. The molecule has 4 heterocycles. The van der Waals surface area contributed by atoms with Crippen LogP contribution in [0.25, 0.3) is 16.8 Å². The van der Waals surface area contributed by atoms with Crippen molar-refractivity contribution in [1.82, 2.24) is 19.3 Å². The van der Waals surface area contributed by atoms with Crippen molar-refractivity contribution in [1.29, 1.82) is 0 Å². The van der Waals surface area contributed by atoms with Crippen LogP contribution < -0.4 is 5.32 Å². The number of pyridine rings is 1. The van der Waals surface area contributed by atoms with Crippen LogP contribution in [-0.2, 0) is 4.79 Å². The molecular weight excluding hydrogens is 445 g/mol. The van der Waals surface area contributed by atoms with Crippen molar-refractivity contribution in [2.24, 2.45) is 0 Å². The van der Waals surface area contributed by atoms with Crippen LogP contribution >= 0.6 is 0 Å². The second kappa shape index (κ2) is 9.13. The van der Waals surface area contributed by atoms with Crippen molar-refractivity contribution in [2.45, 2.75) is 19.3 Å². The molecule has 0 spiro atoms. The summed E-state index contributed by atoms with van der Waals surface area (Å²) >= 11 is 0. The summed E-state index contributed by atoms with van der Waals surface area (Å²) in [6, 6.07) is 11.9. The molecule has 8 heteroatoms. The lowest BCUT2D eigenvalue weighted by Crippen LogP contribution is -2.26. The van der Waals surface area contributed by atoms with Gasteiger partial charge < -0.3 is 10.2 Å². The van der Waals surface area contributed by atoms with E-state index in [-0.39, 0.29) is 17.4 Å². The van der Waals surface area contributed by atoms with Gasteiger partial charge >= 0.3 is 0 Å². The van der Waals surface area contributed by atoms with E-state index in [2.05, 4.69) is 21.9 Å². The Morgan fingerprint density at radius 1 is 1.17 bits per heavy atom. The van der Waals surface area contributed by atoms with Crippen molar-refractivity contribution in [3.63, 3.8) is 0 Å². The molecule has 1 N–H and O–H groups in total. The highest BCUT2D eigenvalue weighted by molar-refractivity contribution is 6.04. The first-order chi connectivity index (χ1) is 16.9. The number of halogens is 1. The summed E-state index contributed by atoms with van der Waals surface area (Å²) in [6.07, 6.45) is 7.11. The van der Waals surface area contributed by atoms with Gasteiger partial charge in [0.2, 0.25) is 5.91 Å². The average Bonchev–Trinajstić information content (AvgIpc) is 3.49. The van der Waals surface area contributed by atoms with Crippen molar-refractivity contribution >= 4 is 23.1 Å². The van der Waals surface area contributed by atoms with E-state index in [0.717, 1.165) is 23.1 Å². The normalized spacial score (nSPS) is 15.4. The van der Waals surface area contributed by atoms with Gasteiger partial charge in [-0.25, -0.2) is 14.4 Å². The van der Waals surface area contributed by atoms with Gasteiger partial charge in [0.05, 0.1) is 17.5 Å². The van der Waals surface area contributed by atoms with E-state index >= 15 is 4.39 Å². The van der Waals surface area contributed by atoms with Crippen LogP contribution in [0.5, 0.6) is 0 Å². The number of amides is 2. The predicted octanol–water partition coefficient (Wildman–Crippen LogP) is 4.60. The van der Waals surface area contributed by atoms with Crippen LogP contribution in [0, 0.1) is 12.7 Å². The molecule has 1 unspecified atom stereocenters. The number of nitrogens with one attached hydrogen (secondary N) is 1. The van der Waals surface area contributed by atoms with Crippen LogP contribution in [0.1, 0.15) is 33.8 Å². The van der Waals surface area contributed by atoms with Gasteiger partial charge in [-0.05, 0) is 73.0 Å². The third-order valence-electron chi connectivity index (χ3n) is 6.39. The van der Waals surface area contributed by atoms with Gasteiger partial charge in [-0.2, -0.15) is 0 Å². The molecular formula is C27H24FN5O2. The van der Waals surface area contributed by atoms with Crippen LogP contribution in [0.2, 0.25) is 0 Å². The highest BCUT2D eigenvalue weighted by Crippen LogP contribution is 2.36. The first-order valence-corrected chi connectivity index (χ1v) is 11.3. The van der Waals surface area contributed by atoms with Crippen LogP contribution in [0.3, 0.4) is 0 Å². The molecule has 3 aromatic heterocycles. The molecule has 1 aliphatic heterocycles. The van der Waals surface area contributed by atoms with E-state index in [1.165, 1.54) is 12.1 Å². The fourth-order valence-electron chi connectivity index (χ4n) is 4.61. The molecule has 1 saturated heterocycles. The maximum atomic E-state index is 15.3. The Morgan fingerprint density at radius 3 is 2.80 bits per heavy atom. The lowest BCUT2D eigenvalue weighted by molar-refractivity contribution is -0.125. The maximum absolute atomic E-state index is 15.3. The molecule has 4 aromatic rings. The molecule has 2 amide bonds. The first-order valence-electron chi connectivity index (χ1n) is 11.3. The minimum Gasteiger partial charge on any atom is -0.339 e. The molecule has 1 fully saturated rings. The lowest BCUT2D eigenvalue weighted by Gasteiger charge is -2.13. The Labute approximate surface area is 201 Å². The summed E-state index contributed by atoms with van der Waals surface area (Å²) in [4.78, 5) is 34.8. The fraction of sp³-hybridized carbons (Fsp3) is 0.185. The van der Waals surface area contributed by atoms with Crippen LogP contribution in [0.4, 0.5) is 10.2 Å². The summed E-state index contributed by atoms with van der Waals surface area (Å²) in [6.45, 7) is 6.71. The SMILES string of the molecule is C=CC(=O)N1CCC(c2cc(-c3ccc(C(=O)Nc4cc(C)ccn4)cc3F)n3cnccc23)C1. The average molecular weight is 470 g/mol. The zero-order valence-corrected chi connectivity index (χ0v) is 19.2.